The maximum atomic E-state index is 9.73. The minimum atomic E-state index is -4.12. The zero-order valence-electron chi connectivity index (χ0n) is 6.40. The first-order valence-electron chi connectivity index (χ1n) is 1.66. The summed E-state index contributed by atoms with van der Waals surface area (Å²) in [5, 5.41) is 0. The number of carbonyl (C=O) groups is 4. The van der Waals surface area contributed by atoms with Crippen molar-refractivity contribution in [1.82, 2.24) is 0 Å². The van der Waals surface area contributed by atoms with Crippen molar-refractivity contribution in [3.63, 3.8) is 0 Å². The summed E-state index contributed by atoms with van der Waals surface area (Å²) in [5.41, 5.74) is 0. The second-order valence-electron chi connectivity index (χ2n) is 0.192. The van der Waals surface area contributed by atoms with Crippen LogP contribution in [-0.2, 0) is 36.2 Å². The number of rotatable bonds is 0. The van der Waals surface area contributed by atoms with Crippen LogP contribution in [0.4, 0.5) is 12.6 Å². The minimum Gasteiger partial charge on any atom is -0.307 e. The second kappa shape index (κ2) is 212. The largest absolute Gasteiger partial charge is 0.456 e. The van der Waals surface area contributed by atoms with Gasteiger partial charge in [0.05, 0.1) is 0 Å². The Balaban J connectivity index is -0.0000000122. The Morgan fingerprint density at radius 1 is 0.615 bits per heavy atom. The van der Waals surface area contributed by atoms with Crippen LogP contribution in [0, 0.1) is 0 Å². The quantitative estimate of drug-likeness (QED) is 0.489. The summed E-state index contributed by atoms with van der Waals surface area (Å²) in [6, 6.07) is 0. The van der Waals surface area contributed by atoms with Crippen molar-refractivity contribution in [2.24, 2.45) is 0 Å². The van der Waals surface area contributed by atoms with Gasteiger partial charge in [0.15, 0.2) is 0 Å². The van der Waals surface area contributed by atoms with Crippen molar-refractivity contribution in [3.05, 3.63) is 0 Å². The van der Waals surface area contributed by atoms with Gasteiger partial charge in [-0.25, -0.2) is 0 Å². The molecule has 0 fully saturated rings. The van der Waals surface area contributed by atoms with E-state index in [0.717, 1.165) is 0 Å². The maximum absolute atomic E-state index is 9.73. The summed E-state index contributed by atoms with van der Waals surface area (Å²) < 4.78 is 29.2. The average molecular weight is 264 g/mol. The Labute approximate surface area is 85.5 Å². The Hall–Kier alpha value is -0.581. The number of halogens is 3. The van der Waals surface area contributed by atoms with Gasteiger partial charge in [-0.1, -0.05) is 0 Å². The van der Waals surface area contributed by atoms with Gasteiger partial charge in [-0.2, -0.15) is 12.6 Å². The van der Waals surface area contributed by atoms with Crippen molar-refractivity contribution in [3.8, 4) is 0 Å². The maximum Gasteiger partial charge on any atom is 0.456 e. The smallest absolute Gasteiger partial charge is 0.307 e. The normalized spacial score (nSPS) is 4.00. The standard InChI is InChI=1S/4CH2O.F3P.Fe/c4*1-2;1-4(2)3;/h4*1H2;;. The predicted molar refractivity (Wildman–Crippen MR) is 38.7 cm³/mol. The molecule has 0 aromatic heterocycles. The van der Waals surface area contributed by atoms with Gasteiger partial charge in [0.25, 0.3) is 0 Å². The van der Waals surface area contributed by atoms with E-state index < -0.39 is 8.85 Å². The molecule has 9 heteroatoms. The molecule has 4 nitrogen and oxygen atoms in total. The zero-order valence-corrected chi connectivity index (χ0v) is 8.39. The third-order valence-electron chi connectivity index (χ3n) is 0. The van der Waals surface area contributed by atoms with Gasteiger partial charge in [-0.3, -0.25) is 0 Å². The summed E-state index contributed by atoms with van der Waals surface area (Å²) in [4.78, 5) is 32.0. The van der Waals surface area contributed by atoms with Crippen molar-refractivity contribution in [1.29, 1.82) is 0 Å². The third kappa shape index (κ3) is 3010. The molecule has 0 bridgehead atoms. The molecule has 0 aliphatic heterocycles. The molecule has 0 unspecified atom stereocenters. The fraction of sp³-hybridized carbons (Fsp3) is 0. The van der Waals surface area contributed by atoms with Crippen LogP contribution in [0.15, 0.2) is 0 Å². The van der Waals surface area contributed by atoms with Crippen LogP contribution in [0.2, 0.25) is 0 Å². The van der Waals surface area contributed by atoms with Crippen molar-refractivity contribution < 1.29 is 48.8 Å². The Morgan fingerprint density at radius 3 is 0.615 bits per heavy atom. The first kappa shape index (κ1) is 39.3. The Morgan fingerprint density at radius 2 is 0.615 bits per heavy atom. The number of hydrogen-bond donors (Lipinski definition) is 0. The van der Waals surface area contributed by atoms with E-state index in [-0.39, 0.29) is 17.1 Å². The molecule has 0 heterocycles. The Bertz CT molecular complexity index is 53.9. The van der Waals surface area contributed by atoms with Crippen LogP contribution >= 0.6 is 8.85 Å². The van der Waals surface area contributed by atoms with Crippen LogP contribution in [-0.4, -0.2) is 27.2 Å². The molecule has 0 radical (unpaired) electrons. The van der Waals surface area contributed by atoms with E-state index in [4.69, 9.17) is 19.2 Å². The summed E-state index contributed by atoms with van der Waals surface area (Å²) in [7, 11) is -4.12. The van der Waals surface area contributed by atoms with Crippen molar-refractivity contribution in [2.45, 2.75) is 0 Å². The third-order valence-corrected chi connectivity index (χ3v) is 0. The molecule has 0 saturated heterocycles. The van der Waals surface area contributed by atoms with E-state index >= 15 is 0 Å². The topological polar surface area (TPSA) is 68.3 Å². The molecule has 0 aromatic carbocycles. The SMILES string of the molecule is C=O.C=O.C=O.C=O.FP(F)F.[Fe]. The average Bonchev–Trinajstić information content (AvgIpc) is 2.16. The van der Waals surface area contributed by atoms with E-state index in [2.05, 4.69) is 0 Å². The van der Waals surface area contributed by atoms with Crippen molar-refractivity contribution >= 4 is 36.0 Å². The molecule has 0 spiro atoms. The van der Waals surface area contributed by atoms with Crippen LogP contribution in [0.3, 0.4) is 0 Å². The molecule has 13 heavy (non-hydrogen) atoms. The van der Waals surface area contributed by atoms with E-state index in [0.29, 0.717) is 0 Å². The first-order chi connectivity index (χ1) is 5.73. The monoisotopic (exact) mass is 264 g/mol. The fourth-order valence-corrected chi connectivity index (χ4v) is 0. The summed E-state index contributed by atoms with van der Waals surface area (Å²) >= 11 is 0. The minimum absolute atomic E-state index is 0. The molecule has 0 saturated carbocycles. The van der Waals surface area contributed by atoms with Gasteiger partial charge in [0.2, 0.25) is 0 Å². The van der Waals surface area contributed by atoms with Gasteiger partial charge in [0.1, 0.15) is 27.2 Å². The van der Waals surface area contributed by atoms with E-state index in [1.807, 2.05) is 27.2 Å². The van der Waals surface area contributed by atoms with Gasteiger partial charge in [0, 0.05) is 17.1 Å². The van der Waals surface area contributed by atoms with Crippen molar-refractivity contribution in [2.75, 3.05) is 0 Å². The molecule has 0 amide bonds. The summed E-state index contributed by atoms with van der Waals surface area (Å²) in [6.07, 6.45) is 0. The summed E-state index contributed by atoms with van der Waals surface area (Å²) in [6.45, 7) is 8.00. The first-order valence-corrected chi connectivity index (χ1v) is 2.68. The number of hydrogen-bond acceptors (Lipinski definition) is 4. The molecule has 0 N–H and O–H groups in total. The fourth-order valence-electron chi connectivity index (χ4n) is 0. The van der Waals surface area contributed by atoms with Gasteiger partial charge in [-0.15, -0.1) is 0 Å². The predicted octanol–water partition coefficient (Wildman–Crippen LogP) is 1.38. The summed E-state index contributed by atoms with van der Waals surface area (Å²) in [5.74, 6) is 0. The van der Waals surface area contributed by atoms with Crippen LogP contribution in [0.5, 0.6) is 0 Å². The van der Waals surface area contributed by atoms with E-state index in [9.17, 15) is 12.6 Å². The van der Waals surface area contributed by atoms with Gasteiger partial charge < -0.3 is 19.2 Å². The van der Waals surface area contributed by atoms with Crippen LogP contribution < -0.4 is 0 Å². The van der Waals surface area contributed by atoms with E-state index in [1.54, 1.807) is 0 Å². The van der Waals surface area contributed by atoms with Crippen LogP contribution in [0.1, 0.15) is 0 Å². The molecule has 82 valence electrons. The zero-order chi connectivity index (χ0) is 11.6. The Kier molecular flexibility index (Phi) is 640. The molecule has 0 rings (SSSR count). The van der Waals surface area contributed by atoms with E-state index in [1.165, 1.54) is 0 Å². The number of carbonyl (C=O) groups excluding carboxylic acids is 4. The van der Waals surface area contributed by atoms with Gasteiger partial charge >= 0.3 is 8.85 Å². The second-order valence-corrected chi connectivity index (χ2v) is 0.575. The molecule has 0 aliphatic rings. The van der Waals surface area contributed by atoms with Gasteiger partial charge in [-0.05, 0) is 0 Å². The molecule has 0 aromatic rings. The molecular weight excluding hydrogens is 256 g/mol. The molecule has 0 aliphatic carbocycles. The molecule has 0 atom stereocenters. The van der Waals surface area contributed by atoms with Crippen LogP contribution in [0.25, 0.3) is 0 Å². The molecular formula is C4H8F3FeO4P.